The highest BCUT2D eigenvalue weighted by atomic mass is 32.2. The summed E-state index contributed by atoms with van der Waals surface area (Å²) in [5, 5.41) is 11.1. The molecule has 0 N–H and O–H groups in total. The van der Waals surface area contributed by atoms with E-state index in [1.807, 2.05) is 62.5 Å². The number of thioether (sulfide) groups is 1. The highest BCUT2D eigenvalue weighted by molar-refractivity contribution is 8.00. The summed E-state index contributed by atoms with van der Waals surface area (Å²) in [4.78, 5) is 17.2. The first kappa shape index (κ1) is 18.9. The van der Waals surface area contributed by atoms with Gasteiger partial charge in [0, 0.05) is 23.7 Å². The molecule has 4 nitrogen and oxygen atoms in total. The van der Waals surface area contributed by atoms with Crippen molar-refractivity contribution < 1.29 is 9.53 Å². The fourth-order valence-electron chi connectivity index (χ4n) is 2.98. The van der Waals surface area contributed by atoms with E-state index in [4.69, 9.17) is 4.74 Å². The smallest absolute Gasteiger partial charge is 0.319 e. The van der Waals surface area contributed by atoms with Crippen LogP contribution in [0.15, 0.2) is 59.8 Å². The Morgan fingerprint density at radius 2 is 1.96 bits per heavy atom. The summed E-state index contributed by atoms with van der Waals surface area (Å²) >= 11 is 1.48. The Bertz CT molecular complexity index is 1010. The van der Waals surface area contributed by atoms with Crippen molar-refractivity contribution in [3.63, 3.8) is 0 Å². The number of hydrogen-bond acceptors (Lipinski definition) is 5. The molecule has 0 saturated heterocycles. The zero-order valence-corrected chi connectivity index (χ0v) is 16.1. The van der Waals surface area contributed by atoms with Crippen LogP contribution < -0.4 is 0 Å². The lowest BCUT2D eigenvalue weighted by molar-refractivity contribution is -0.142. The van der Waals surface area contributed by atoms with Crippen molar-refractivity contribution >= 4 is 28.5 Å². The van der Waals surface area contributed by atoms with Gasteiger partial charge in [-0.25, -0.2) is 0 Å². The lowest BCUT2D eigenvalue weighted by Gasteiger charge is -2.14. The van der Waals surface area contributed by atoms with Crippen molar-refractivity contribution in [2.24, 2.45) is 0 Å². The molecule has 136 valence electrons. The molecule has 0 aliphatic carbocycles. The second kappa shape index (κ2) is 8.70. The summed E-state index contributed by atoms with van der Waals surface area (Å²) in [5.41, 5.74) is 2.85. The van der Waals surface area contributed by atoms with Crippen molar-refractivity contribution in [2.45, 2.75) is 30.4 Å². The van der Waals surface area contributed by atoms with E-state index in [-0.39, 0.29) is 11.2 Å². The molecule has 3 aromatic rings. The standard InChI is InChI=1S/C22H20N2O2S/c1-3-26-22(25)15(2)27-21-10-11-24-14-18(21)12-16-8-9-17(13-23)20-7-5-4-6-19(16)20/h4-11,14-15H,3,12H2,1-2H3. The van der Waals surface area contributed by atoms with Crippen LogP contribution in [0.4, 0.5) is 0 Å². The number of carbonyl (C=O) groups is 1. The highest BCUT2D eigenvalue weighted by Crippen LogP contribution is 2.31. The molecule has 1 heterocycles. The Hall–Kier alpha value is -2.84. The van der Waals surface area contributed by atoms with Crippen molar-refractivity contribution in [3.05, 3.63) is 71.5 Å². The minimum Gasteiger partial charge on any atom is -0.465 e. The van der Waals surface area contributed by atoms with Gasteiger partial charge < -0.3 is 4.74 Å². The number of benzene rings is 2. The van der Waals surface area contributed by atoms with Gasteiger partial charge >= 0.3 is 5.97 Å². The lowest BCUT2D eigenvalue weighted by Crippen LogP contribution is -2.16. The van der Waals surface area contributed by atoms with Crippen molar-refractivity contribution in [2.75, 3.05) is 6.61 Å². The van der Waals surface area contributed by atoms with E-state index in [1.165, 1.54) is 11.8 Å². The SMILES string of the molecule is CCOC(=O)C(C)Sc1ccncc1Cc1ccc(C#N)c2ccccc12. The van der Waals surface area contributed by atoms with Crippen LogP contribution in [0.5, 0.6) is 0 Å². The van der Waals surface area contributed by atoms with Gasteiger partial charge in [0.1, 0.15) is 5.25 Å². The van der Waals surface area contributed by atoms with Gasteiger partial charge in [-0.05, 0) is 47.9 Å². The van der Waals surface area contributed by atoms with E-state index in [2.05, 4.69) is 11.1 Å². The largest absolute Gasteiger partial charge is 0.465 e. The first-order chi connectivity index (χ1) is 13.1. The topological polar surface area (TPSA) is 63.0 Å². The van der Waals surface area contributed by atoms with Gasteiger partial charge in [-0.1, -0.05) is 30.3 Å². The third-order valence-electron chi connectivity index (χ3n) is 4.30. The summed E-state index contributed by atoms with van der Waals surface area (Å²) in [6, 6.07) is 16.0. The average Bonchev–Trinajstić information content (AvgIpc) is 2.70. The van der Waals surface area contributed by atoms with E-state index in [1.54, 1.807) is 6.20 Å². The maximum absolute atomic E-state index is 12.0. The average molecular weight is 376 g/mol. The highest BCUT2D eigenvalue weighted by Gasteiger charge is 2.18. The second-order valence-corrected chi connectivity index (χ2v) is 7.48. The number of fused-ring (bicyclic) bond motifs is 1. The number of pyridine rings is 1. The number of nitrogens with zero attached hydrogens (tertiary/aromatic N) is 2. The van der Waals surface area contributed by atoms with Gasteiger partial charge in [0.15, 0.2) is 0 Å². The molecular formula is C22H20N2O2S. The molecule has 0 bridgehead atoms. The summed E-state index contributed by atoms with van der Waals surface area (Å²) < 4.78 is 5.11. The van der Waals surface area contributed by atoms with E-state index in [0.717, 1.165) is 26.8 Å². The fourth-order valence-corrected chi connectivity index (χ4v) is 3.94. The van der Waals surface area contributed by atoms with E-state index >= 15 is 0 Å². The normalized spacial score (nSPS) is 11.7. The molecule has 5 heteroatoms. The van der Waals surface area contributed by atoms with Crippen molar-refractivity contribution in [1.82, 2.24) is 4.98 Å². The van der Waals surface area contributed by atoms with Crippen LogP contribution in [0.2, 0.25) is 0 Å². The molecule has 1 atom stereocenters. The summed E-state index contributed by atoms with van der Waals surface area (Å²) in [6.45, 7) is 4.04. The lowest BCUT2D eigenvalue weighted by atomic mass is 9.96. The summed E-state index contributed by atoms with van der Waals surface area (Å²) in [5.74, 6) is -0.214. The maximum Gasteiger partial charge on any atom is 0.319 e. The molecule has 0 spiro atoms. The molecule has 2 aromatic carbocycles. The maximum atomic E-state index is 12.0. The quantitative estimate of drug-likeness (QED) is 0.459. The third-order valence-corrected chi connectivity index (χ3v) is 5.50. The van der Waals surface area contributed by atoms with Crippen LogP contribution >= 0.6 is 11.8 Å². The van der Waals surface area contributed by atoms with E-state index in [9.17, 15) is 10.1 Å². The molecule has 0 saturated carbocycles. The molecule has 0 aliphatic heterocycles. The molecule has 0 fully saturated rings. The third kappa shape index (κ3) is 4.29. The number of esters is 1. The number of carbonyl (C=O) groups excluding carboxylic acids is 1. The van der Waals surface area contributed by atoms with Gasteiger partial charge in [-0.2, -0.15) is 5.26 Å². The van der Waals surface area contributed by atoms with Crippen LogP contribution in [0.1, 0.15) is 30.5 Å². The predicted molar refractivity (Wildman–Crippen MR) is 108 cm³/mol. The summed E-state index contributed by atoms with van der Waals surface area (Å²) in [7, 11) is 0. The Morgan fingerprint density at radius 3 is 2.70 bits per heavy atom. The van der Waals surface area contributed by atoms with Gasteiger partial charge in [-0.15, -0.1) is 11.8 Å². The van der Waals surface area contributed by atoms with Gasteiger partial charge in [0.2, 0.25) is 0 Å². The monoisotopic (exact) mass is 376 g/mol. The van der Waals surface area contributed by atoms with Gasteiger partial charge in [0.05, 0.1) is 18.2 Å². The van der Waals surface area contributed by atoms with Crippen LogP contribution in [0.25, 0.3) is 10.8 Å². The molecule has 0 amide bonds. The van der Waals surface area contributed by atoms with Gasteiger partial charge in [-0.3, -0.25) is 9.78 Å². The Labute approximate surface area is 163 Å². The number of nitriles is 1. The first-order valence-electron chi connectivity index (χ1n) is 8.81. The Kier molecular flexibility index (Phi) is 6.10. The first-order valence-corrected chi connectivity index (χ1v) is 9.69. The van der Waals surface area contributed by atoms with Crippen LogP contribution in [-0.4, -0.2) is 22.8 Å². The summed E-state index contributed by atoms with van der Waals surface area (Å²) in [6.07, 6.45) is 4.26. The van der Waals surface area contributed by atoms with Crippen molar-refractivity contribution in [3.8, 4) is 6.07 Å². The number of rotatable bonds is 6. The molecule has 1 unspecified atom stereocenters. The van der Waals surface area contributed by atoms with Gasteiger partial charge in [0.25, 0.3) is 0 Å². The van der Waals surface area contributed by atoms with Crippen LogP contribution in [0.3, 0.4) is 0 Å². The van der Waals surface area contributed by atoms with E-state index < -0.39 is 0 Å². The van der Waals surface area contributed by atoms with E-state index in [0.29, 0.717) is 18.6 Å². The minimum absolute atomic E-state index is 0.214. The zero-order chi connectivity index (χ0) is 19.2. The molecule has 3 rings (SSSR count). The molecule has 27 heavy (non-hydrogen) atoms. The second-order valence-electron chi connectivity index (χ2n) is 6.10. The molecular weight excluding hydrogens is 356 g/mol. The van der Waals surface area contributed by atoms with Crippen molar-refractivity contribution in [1.29, 1.82) is 5.26 Å². The minimum atomic E-state index is -0.288. The number of ether oxygens (including phenoxy) is 1. The number of aromatic nitrogens is 1. The zero-order valence-electron chi connectivity index (χ0n) is 15.3. The Balaban J connectivity index is 1.93. The molecule has 0 radical (unpaired) electrons. The molecule has 1 aromatic heterocycles. The predicted octanol–water partition coefficient (Wildman–Crippen LogP) is 4.74. The van der Waals surface area contributed by atoms with Crippen LogP contribution in [0, 0.1) is 11.3 Å². The number of hydrogen-bond donors (Lipinski definition) is 0. The van der Waals surface area contributed by atoms with Crippen LogP contribution in [-0.2, 0) is 16.0 Å². The Morgan fingerprint density at radius 1 is 1.19 bits per heavy atom. The molecule has 0 aliphatic rings. The fraction of sp³-hybridized carbons (Fsp3) is 0.227.